The van der Waals surface area contributed by atoms with Crippen molar-refractivity contribution >= 4 is 24.4 Å². The van der Waals surface area contributed by atoms with Gasteiger partial charge in [-0.15, -0.1) is 0 Å². The summed E-state index contributed by atoms with van der Waals surface area (Å²) in [6.07, 6.45) is 18.4. The van der Waals surface area contributed by atoms with E-state index in [0.717, 1.165) is 38.1 Å². The first-order chi connectivity index (χ1) is 12.6. The van der Waals surface area contributed by atoms with Crippen molar-refractivity contribution in [2.75, 3.05) is 0 Å². The quantitative estimate of drug-likeness (QED) is 0.504. The molecule has 0 aromatic rings. The minimum atomic E-state index is -1.18. The molecule has 0 bridgehead atoms. The smallest absolute Gasteiger partial charge is 0.544 e. The maximum Gasteiger partial charge on any atom is 2.00 e. The van der Waals surface area contributed by atoms with Gasteiger partial charge in [-0.3, -0.25) is 9.98 Å². The number of carboxylic acids is 2. The number of hydrogen-bond donors (Lipinski definition) is 0. The first-order valence-electron chi connectivity index (χ1n) is 10.1. The third-order valence-corrected chi connectivity index (χ3v) is 4.93. The molecular weight excluding hydrogens is 396 g/mol. The molecule has 7 heteroatoms. The predicted molar refractivity (Wildman–Crippen MR) is 99.2 cm³/mol. The number of rotatable bonds is 4. The van der Waals surface area contributed by atoms with Crippen molar-refractivity contribution in [1.82, 2.24) is 0 Å². The van der Waals surface area contributed by atoms with Crippen LogP contribution in [0.1, 0.15) is 89.9 Å². The fourth-order valence-corrected chi connectivity index (χ4v) is 3.50. The molecule has 0 spiro atoms. The van der Waals surface area contributed by atoms with E-state index in [9.17, 15) is 19.8 Å². The molecule has 157 valence electrons. The molecule has 0 aromatic heterocycles. The summed E-state index contributed by atoms with van der Waals surface area (Å²) < 4.78 is 0. The summed E-state index contributed by atoms with van der Waals surface area (Å²) in [6, 6.07) is 0.441. The Bertz CT molecular complexity index is 411. The van der Waals surface area contributed by atoms with Gasteiger partial charge in [0.15, 0.2) is 0 Å². The molecule has 0 saturated heterocycles. The molecule has 2 rings (SSSR count). The number of carbonyl (C=O) groups is 2. The zero-order chi connectivity index (χ0) is 19.0. The van der Waals surface area contributed by atoms with Gasteiger partial charge in [0.1, 0.15) is 0 Å². The minimum absolute atomic E-state index is 0. The van der Waals surface area contributed by atoms with Crippen LogP contribution in [-0.2, 0) is 26.7 Å². The van der Waals surface area contributed by atoms with Crippen LogP contribution in [0.5, 0.6) is 0 Å². The largest absolute Gasteiger partial charge is 2.00 e. The van der Waals surface area contributed by atoms with Crippen LogP contribution in [0.15, 0.2) is 9.98 Å². The Hall–Kier alpha value is -1.20. The molecule has 2 saturated carbocycles. The second-order valence-corrected chi connectivity index (χ2v) is 7.19. The molecule has 0 amide bonds. The van der Waals surface area contributed by atoms with Crippen LogP contribution in [0.4, 0.5) is 0 Å². The van der Waals surface area contributed by atoms with Crippen molar-refractivity contribution in [2.45, 2.75) is 102 Å². The van der Waals surface area contributed by atoms with Crippen LogP contribution < -0.4 is 10.2 Å². The average Bonchev–Trinajstić information content (AvgIpc) is 2.53. The number of aliphatic carboxylic acids is 2. The summed E-state index contributed by atoms with van der Waals surface area (Å²) in [5.74, 6) is -2.36. The van der Waals surface area contributed by atoms with E-state index in [1.807, 2.05) is 0 Å². The van der Waals surface area contributed by atoms with E-state index in [0.29, 0.717) is 0 Å². The number of hydrogen-bond acceptors (Lipinski definition) is 6. The van der Waals surface area contributed by atoms with Gasteiger partial charge in [-0.25, -0.2) is 0 Å². The van der Waals surface area contributed by atoms with Crippen LogP contribution >= 0.6 is 0 Å². The third kappa shape index (κ3) is 15.5. The average molecular weight is 428 g/mol. The summed E-state index contributed by atoms with van der Waals surface area (Å²) in [4.78, 5) is 28.3. The molecule has 6 nitrogen and oxygen atoms in total. The van der Waals surface area contributed by atoms with Crippen molar-refractivity contribution in [3.8, 4) is 0 Å². The molecule has 2 fully saturated rings. The van der Waals surface area contributed by atoms with Crippen molar-refractivity contribution in [3.05, 3.63) is 0 Å². The van der Waals surface area contributed by atoms with Gasteiger partial charge in [-0.05, 0) is 25.7 Å². The Morgan fingerprint density at radius 1 is 0.593 bits per heavy atom. The van der Waals surface area contributed by atoms with Gasteiger partial charge in [-0.1, -0.05) is 64.2 Å². The van der Waals surface area contributed by atoms with E-state index in [4.69, 9.17) is 0 Å². The Kier molecular flexibility index (Phi) is 16.2. The maximum absolute atomic E-state index is 10.1. The van der Waals surface area contributed by atoms with Gasteiger partial charge in [0.05, 0.1) is 11.9 Å². The van der Waals surface area contributed by atoms with Crippen LogP contribution in [0.3, 0.4) is 0 Å². The summed E-state index contributed by atoms with van der Waals surface area (Å²) in [6.45, 7) is 0. The molecule has 0 unspecified atom stereocenters. The fourth-order valence-electron chi connectivity index (χ4n) is 3.50. The van der Waals surface area contributed by atoms with Crippen LogP contribution in [0.25, 0.3) is 0 Å². The molecule has 0 N–H and O–H groups in total. The number of carboxylic acid groups (broad SMARTS) is 2. The summed E-state index contributed by atoms with van der Waals surface area (Å²) >= 11 is 0. The summed E-state index contributed by atoms with van der Waals surface area (Å²) in [5.41, 5.74) is 0. The SMILES string of the molecule is O=C([O-])C=NC1CCCCCCC1.O=C([O-])C=NC1CCCCCCC1.[Cu+2]. The first kappa shape index (κ1) is 25.8. The second kappa shape index (κ2) is 16.9. The monoisotopic (exact) mass is 427 g/mol. The zero-order valence-electron chi connectivity index (χ0n) is 16.0. The van der Waals surface area contributed by atoms with Crippen LogP contribution in [-0.4, -0.2) is 36.5 Å². The number of nitrogens with zero attached hydrogens (tertiary/aromatic N) is 2. The van der Waals surface area contributed by atoms with Crippen LogP contribution in [0, 0.1) is 0 Å². The second-order valence-electron chi connectivity index (χ2n) is 7.19. The molecule has 0 aliphatic heterocycles. The maximum atomic E-state index is 10.1. The summed E-state index contributed by atoms with van der Waals surface area (Å²) in [7, 11) is 0. The van der Waals surface area contributed by atoms with Gasteiger partial charge in [0.2, 0.25) is 0 Å². The summed E-state index contributed by atoms with van der Waals surface area (Å²) in [5, 5.41) is 20.3. The van der Waals surface area contributed by atoms with Crippen molar-refractivity contribution in [1.29, 1.82) is 0 Å². The molecular formula is C20H32CuN2O4. The first-order valence-corrected chi connectivity index (χ1v) is 10.1. The van der Waals surface area contributed by atoms with Gasteiger partial charge in [0, 0.05) is 24.5 Å². The molecule has 2 aliphatic rings. The van der Waals surface area contributed by atoms with E-state index in [1.54, 1.807) is 0 Å². The van der Waals surface area contributed by atoms with E-state index < -0.39 is 11.9 Å². The van der Waals surface area contributed by atoms with Gasteiger partial charge in [0.25, 0.3) is 0 Å². The molecule has 0 heterocycles. The minimum Gasteiger partial charge on any atom is -0.544 e. The van der Waals surface area contributed by atoms with E-state index in [2.05, 4.69) is 9.98 Å². The van der Waals surface area contributed by atoms with E-state index in [1.165, 1.54) is 64.2 Å². The van der Waals surface area contributed by atoms with Gasteiger partial charge in [-0.2, -0.15) is 0 Å². The van der Waals surface area contributed by atoms with Gasteiger partial charge >= 0.3 is 17.1 Å². The van der Waals surface area contributed by atoms with Crippen molar-refractivity contribution < 1.29 is 36.9 Å². The standard InChI is InChI=1S/2C10H17NO2.Cu/c2*12-10(13)8-11-9-6-4-2-1-3-5-7-9;/h2*8-9H,1-7H2,(H,12,13);/q;;+2/p-2. The van der Waals surface area contributed by atoms with E-state index in [-0.39, 0.29) is 29.2 Å². The Morgan fingerprint density at radius 3 is 1.11 bits per heavy atom. The molecule has 0 aromatic carbocycles. The topological polar surface area (TPSA) is 105 Å². The zero-order valence-corrected chi connectivity index (χ0v) is 17.0. The normalized spacial score (nSPS) is 20.4. The Morgan fingerprint density at radius 2 is 0.852 bits per heavy atom. The molecule has 2 aliphatic carbocycles. The third-order valence-electron chi connectivity index (χ3n) is 4.93. The van der Waals surface area contributed by atoms with Crippen molar-refractivity contribution in [2.24, 2.45) is 9.98 Å². The number of aliphatic imine (C=N–C) groups is 2. The molecule has 1 radical (unpaired) electrons. The molecule has 0 atom stereocenters. The van der Waals surface area contributed by atoms with Crippen molar-refractivity contribution in [3.63, 3.8) is 0 Å². The predicted octanol–water partition coefficient (Wildman–Crippen LogP) is 1.84. The fraction of sp³-hybridized carbons (Fsp3) is 0.800. The Labute approximate surface area is 173 Å². The van der Waals surface area contributed by atoms with E-state index >= 15 is 0 Å². The Balaban J connectivity index is 0.000000483. The van der Waals surface area contributed by atoms with Gasteiger partial charge < -0.3 is 19.8 Å². The molecule has 27 heavy (non-hydrogen) atoms. The van der Waals surface area contributed by atoms with Crippen LogP contribution in [0.2, 0.25) is 0 Å². The number of carbonyl (C=O) groups excluding carboxylic acids is 2.